The van der Waals surface area contributed by atoms with Gasteiger partial charge in [-0.05, 0) is 42.8 Å². The summed E-state index contributed by atoms with van der Waals surface area (Å²) < 4.78 is 2.33. The van der Waals surface area contributed by atoms with Gasteiger partial charge in [0.2, 0.25) is 0 Å². The molecule has 2 heteroatoms. The van der Waals surface area contributed by atoms with Crippen molar-refractivity contribution >= 4 is 6.08 Å². The predicted octanol–water partition coefficient (Wildman–Crippen LogP) is 1.57. The summed E-state index contributed by atoms with van der Waals surface area (Å²) in [6, 6.07) is 10.9. The molecule has 0 radical (unpaired) electrons. The van der Waals surface area contributed by atoms with Gasteiger partial charge in [-0.1, -0.05) is 18.2 Å². The largest absolute Gasteiger partial charge is 0.345 e. The van der Waals surface area contributed by atoms with Gasteiger partial charge in [0, 0.05) is 17.9 Å². The Labute approximate surface area is 101 Å². The molecule has 1 aliphatic heterocycles. The quantitative estimate of drug-likeness (QED) is 0.737. The summed E-state index contributed by atoms with van der Waals surface area (Å²) in [5.41, 5.74) is 3.95. The first-order chi connectivity index (χ1) is 8.24. The van der Waals surface area contributed by atoms with Crippen molar-refractivity contribution in [2.45, 2.75) is 20.4 Å². The van der Waals surface area contributed by atoms with Crippen LogP contribution in [0.25, 0.3) is 6.08 Å². The maximum Gasteiger partial charge on any atom is 0.0651 e. The molecule has 0 amide bonds. The van der Waals surface area contributed by atoms with Gasteiger partial charge in [-0.2, -0.15) is 0 Å². The third-order valence-electron chi connectivity index (χ3n) is 3.43. The molecule has 17 heavy (non-hydrogen) atoms. The van der Waals surface area contributed by atoms with Crippen molar-refractivity contribution in [3.63, 3.8) is 0 Å². The van der Waals surface area contributed by atoms with Gasteiger partial charge in [0.15, 0.2) is 0 Å². The molecule has 0 N–H and O–H groups in total. The minimum atomic E-state index is 0.834. The van der Waals surface area contributed by atoms with E-state index in [1.807, 2.05) is 0 Å². The first-order valence-electron chi connectivity index (χ1n) is 6.00. The van der Waals surface area contributed by atoms with Crippen LogP contribution in [0.1, 0.15) is 17.0 Å². The average Bonchev–Trinajstić information content (AvgIpc) is 2.90. The van der Waals surface area contributed by atoms with Gasteiger partial charge in [0.1, 0.15) is 0 Å². The minimum absolute atomic E-state index is 0.834. The van der Waals surface area contributed by atoms with E-state index in [-0.39, 0.29) is 0 Å². The Bertz CT molecular complexity index is 658. The first kappa shape index (κ1) is 10.3. The zero-order valence-corrected chi connectivity index (χ0v) is 10.3. The lowest BCUT2D eigenvalue weighted by molar-refractivity contribution is 0.748. The zero-order valence-electron chi connectivity index (χ0n) is 10.3. The maximum absolute atomic E-state index is 4.47. The Hall–Kier alpha value is -1.83. The van der Waals surface area contributed by atoms with Crippen LogP contribution in [0.15, 0.2) is 35.3 Å². The number of aromatic nitrogens is 1. The van der Waals surface area contributed by atoms with Crippen LogP contribution in [-0.2, 0) is 6.54 Å². The fraction of sp³-hybridized carbons (Fsp3) is 0.267. The van der Waals surface area contributed by atoms with Crippen LogP contribution in [-0.4, -0.2) is 11.1 Å². The van der Waals surface area contributed by atoms with Crippen LogP contribution in [0.2, 0.25) is 0 Å². The number of aryl methyl sites for hydroxylation is 2. The van der Waals surface area contributed by atoms with Gasteiger partial charge in [0.05, 0.1) is 11.9 Å². The number of hydrogen-bond acceptors (Lipinski definition) is 1. The van der Waals surface area contributed by atoms with E-state index < -0.39 is 0 Å². The monoisotopic (exact) mass is 224 g/mol. The second kappa shape index (κ2) is 3.88. The number of hydrogen-bond donors (Lipinski definition) is 0. The van der Waals surface area contributed by atoms with Crippen molar-refractivity contribution in [1.29, 1.82) is 0 Å². The summed E-state index contributed by atoms with van der Waals surface area (Å²) in [7, 11) is 0. The minimum Gasteiger partial charge on any atom is -0.345 e. The molecular formula is C15H16N2. The van der Waals surface area contributed by atoms with Crippen molar-refractivity contribution < 1.29 is 0 Å². The lowest BCUT2D eigenvalue weighted by atomic mass is 10.2. The second-order valence-electron chi connectivity index (χ2n) is 4.64. The van der Waals surface area contributed by atoms with E-state index in [1.165, 1.54) is 22.2 Å². The lowest BCUT2D eigenvalue weighted by Gasteiger charge is -2.09. The predicted molar refractivity (Wildman–Crippen MR) is 69.6 cm³/mol. The SMILES string of the molecule is Cc1ccc(C)n1Cc1ccc2c(c1)=NCC=2. The molecule has 3 rings (SSSR count). The summed E-state index contributed by atoms with van der Waals surface area (Å²) in [6.45, 7) is 6.07. The molecule has 1 aromatic heterocycles. The Morgan fingerprint density at radius 3 is 2.65 bits per heavy atom. The standard InChI is InChI=1S/C15H16N2/c1-11-3-4-12(2)17(11)10-13-5-6-14-7-8-16-15(14)9-13/h3-7,9H,8,10H2,1-2H3. The summed E-state index contributed by atoms with van der Waals surface area (Å²) in [4.78, 5) is 4.47. The van der Waals surface area contributed by atoms with Crippen molar-refractivity contribution in [1.82, 2.24) is 4.57 Å². The van der Waals surface area contributed by atoms with E-state index in [0.29, 0.717) is 0 Å². The van der Waals surface area contributed by atoms with Crippen LogP contribution in [0, 0.1) is 13.8 Å². The highest BCUT2D eigenvalue weighted by molar-refractivity contribution is 5.31. The van der Waals surface area contributed by atoms with E-state index in [4.69, 9.17) is 0 Å². The molecule has 0 spiro atoms. The summed E-state index contributed by atoms with van der Waals surface area (Å²) in [6.07, 6.45) is 2.17. The molecule has 2 nitrogen and oxygen atoms in total. The van der Waals surface area contributed by atoms with Gasteiger partial charge >= 0.3 is 0 Å². The normalized spacial score (nSPS) is 13.1. The molecule has 0 atom stereocenters. The Kier molecular flexibility index (Phi) is 2.36. The Morgan fingerprint density at radius 2 is 1.88 bits per heavy atom. The summed E-state index contributed by atoms with van der Waals surface area (Å²) in [5, 5.41) is 2.42. The number of nitrogens with zero attached hydrogens (tertiary/aromatic N) is 2. The Balaban J connectivity index is 2.00. The molecule has 0 aliphatic carbocycles. The molecule has 0 bridgehead atoms. The molecule has 2 heterocycles. The van der Waals surface area contributed by atoms with E-state index in [0.717, 1.165) is 18.4 Å². The lowest BCUT2D eigenvalue weighted by Crippen LogP contribution is -2.22. The van der Waals surface area contributed by atoms with Gasteiger partial charge < -0.3 is 4.57 Å². The second-order valence-corrected chi connectivity index (χ2v) is 4.64. The molecular weight excluding hydrogens is 208 g/mol. The number of benzene rings is 1. The molecule has 86 valence electrons. The van der Waals surface area contributed by atoms with Crippen LogP contribution in [0.4, 0.5) is 0 Å². The summed E-state index contributed by atoms with van der Waals surface area (Å²) in [5.74, 6) is 0. The van der Waals surface area contributed by atoms with Gasteiger partial charge in [0.25, 0.3) is 0 Å². The Morgan fingerprint density at radius 1 is 1.12 bits per heavy atom. The highest BCUT2D eigenvalue weighted by Crippen LogP contribution is 2.09. The molecule has 2 aromatic rings. The molecule has 1 aliphatic rings. The van der Waals surface area contributed by atoms with Crippen LogP contribution >= 0.6 is 0 Å². The summed E-state index contributed by atoms with van der Waals surface area (Å²) >= 11 is 0. The van der Waals surface area contributed by atoms with E-state index in [1.54, 1.807) is 0 Å². The first-order valence-corrected chi connectivity index (χ1v) is 6.00. The molecule has 0 saturated heterocycles. The fourth-order valence-corrected chi connectivity index (χ4v) is 2.37. The van der Waals surface area contributed by atoms with Crippen LogP contribution in [0.3, 0.4) is 0 Å². The molecule has 1 aromatic carbocycles. The topological polar surface area (TPSA) is 17.3 Å². The van der Waals surface area contributed by atoms with Crippen molar-refractivity contribution in [2.24, 2.45) is 4.99 Å². The highest BCUT2D eigenvalue weighted by atomic mass is 15.0. The molecule has 0 fully saturated rings. The third-order valence-corrected chi connectivity index (χ3v) is 3.43. The molecule has 0 saturated carbocycles. The third kappa shape index (κ3) is 1.80. The average molecular weight is 224 g/mol. The van der Waals surface area contributed by atoms with E-state index in [9.17, 15) is 0 Å². The highest BCUT2D eigenvalue weighted by Gasteiger charge is 2.03. The maximum atomic E-state index is 4.47. The van der Waals surface area contributed by atoms with Gasteiger partial charge in [-0.15, -0.1) is 0 Å². The molecule has 0 unspecified atom stereocenters. The van der Waals surface area contributed by atoms with Crippen LogP contribution in [0.5, 0.6) is 0 Å². The van der Waals surface area contributed by atoms with Gasteiger partial charge in [-0.25, -0.2) is 0 Å². The number of rotatable bonds is 2. The van der Waals surface area contributed by atoms with Crippen molar-refractivity contribution in [3.05, 3.63) is 57.9 Å². The van der Waals surface area contributed by atoms with Crippen LogP contribution < -0.4 is 10.6 Å². The van der Waals surface area contributed by atoms with E-state index in [2.05, 4.69) is 59.8 Å². The van der Waals surface area contributed by atoms with Gasteiger partial charge in [-0.3, -0.25) is 4.99 Å². The number of fused-ring (bicyclic) bond motifs is 1. The smallest absolute Gasteiger partial charge is 0.0651 e. The zero-order chi connectivity index (χ0) is 11.8. The fourth-order valence-electron chi connectivity index (χ4n) is 2.37. The van der Waals surface area contributed by atoms with Crippen molar-refractivity contribution in [2.75, 3.05) is 6.54 Å². The van der Waals surface area contributed by atoms with E-state index >= 15 is 0 Å². The van der Waals surface area contributed by atoms with Crippen molar-refractivity contribution in [3.8, 4) is 0 Å².